The molecule has 5 nitrogen and oxygen atoms in total. The molecule has 0 spiro atoms. The van der Waals surface area contributed by atoms with E-state index in [4.69, 9.17) is 10.5 Å². The Kier molecular flexibility index (Phi) is 4.38. The van der Waals surface area contributed by atoms with Crippen molar-refractivity contribution >= 4 is 5.91 Å². The number of hydrogen-bond donors (Lipinski definition) is 1. The molecule has 1 atom stereocenters. The quantitative estimate of drug-likeness (QED) is 0.831. The summed E-state index contributed by atoms with van der Waals surface area (Å²) in [6.45, 7) is 3.58. The fraction of sp³-hybridized carbons (Fsp3) is 0.615. The first kappa shape index (κ1) is 13.1. The summed E-state index contributed by atoms with van der Waals surface area (Å²) in [4.78, 5) is 14.3. The highest BCUT2D eigenvalue weighted by molar-refractivity contribution is 5.93. The van der Waals surface area contributed by atoms with Crippen LogP contribution in [0.2, 0.25) is 0 Å². The van der Waals surface area contributed by atoms with E-state index in [1.165, 1.54) is 0 Å². The van der Waals surface area contributed by atoms with Crippen LogP contribution in [0.3, 0.4) is 0 Å². The Morgan fingerprint density at radius 1 is 1.61 bits per heavy atom. The molecule has 2 rings (SSSR count). The van der Waals surface area contributed by atoms with E-state index in [1.807, 2.05) is 27.8 Å². The highest BCUT2D eigenvalue weighted by atomic mass is 16.5. The predicted octanol–water partition coefficient (Wildman–Crippen LogP) is 0.555. The number of nitrogens with two attached hydrogens (primary N) is 1. The van der Waals surface area contributed by atoms with Crippen molar-refractivity contribution in [2.45, 2.75) is 13.0 Å². The Morgan fingerprint density at radius 3 is 3.11 bits per heavy atom. The van der Waals surface area contributed by atoms with Crippen LogP contribution in [0.1, 0.15) is 16.9 Å². The molecule has 2 N–H and O–H groups in total. The molecule has 1 aliphatic heterocycles. The molecule has 1 aromatic rings. The van der Waals surface area contributed by atoms with Crippen LogP contribution >= 0.6 is 0 Å². The van der Waals surface area contributed by atoms with Crippen LogP contribution in [0.15, 0.2) is 18.3 Å². The third-order valence-corrected chi connectivity index (χ3v) is 3.49. The summed E-state index contributed by atoms with van der Waals surface area (Å²) in [6.07, 6.45) is 2.93. The van der Waals surface area contributed by atoms with E-state index < -0.39 is 0 Å². The highest BCUT2D eigenvalue weighted by Crippen LogP contribution is 2.18. The van der Waals surface area contributed by atoms with Gasteiger partial charge in [0.2, 0.25) is 0 Å². The number of methoxy groups -OCH3 is 1. The van der Waals surface area contributed by atoms with Crippen LogP contribution in [0.5, 0.6) is 0 Å². The molecule has 1 saturated heterocycles. The van der Waals surface area contributed by atoms with Crippen molar-refractivity contribution in [1.29, 1.82) is 0 Å². The fourth-order valence-electron chi connectivity index (χ4n) is 2.36. The SMILES string of the molecule is COCCn1cccc1C(=O)N1CCC(CN)C1. The normalized spacial score (nSPS) is 19.4. The fourth-order valence-corrected chi connectivity index (χ4v) is 2.36. The largest absolute Gasteiger partial charge is 0.383 e. The van der Waals surface area contributed by atoms with E-state index in [2.05, 4.69) is 0 Å². The molecule has 0 bridgehead atoms. The van der Waals surface area contributed by atoms with Crippen LogP contribution in [-0.4, -0.2) is 48.7 Å². The second-order valence-corrected chi connectivity index (χ2v) is 4.72. The lowest BCUT2D eigenvalue weighted by Crippen LogP contribution is -2.31. The highest BCUT2D eigenvalue weighted by Gasteiger charge is 2.27. The van der Waals surface area contributed by atoms with Gasteiger partial charge >= 0.3 is 0 Å². The van der Waals surface area contributed by atoms with E-state index >= 15 is 0 Å². The second kappa shape index (κ2) is 6.02. The average molecular weight is 251 g/mol. The van der Waals surface area contributed by atoms with Gasteiger partial charge in [-0.05, 0) is 31.0 Å². The van der Waals surface area contributed by atoms with Gasteiger partial charge in [0, 0.05) is 32.9 Å². The summed E-state index contributed by atoms with van der Waals surface area (Å²) in [7, 11) is 1.66. The monoisotopic (exact) mass is 251 g/mol. The Balaban J connectivity index is 2.02. The molecule has 1 aromatic heterocycles. The number of aromatic nitrogens is 1. The standard InChI is InChI=1S/C13H21N3O2/c1-18-8-7-15-5-2-3-12(15)13(17)16-6-4-11(9-14)10-16/h2-3,5,11H,4,6-10,14H2,1H3. The number of rotatable bonds is 5. The third kappa shape index (κ3) is 2.73. The minimum absolute atomic E-state index is 0.104. The lowest BCUT2D eigenvalue weighted by Gasteiger charge is -2.17. The maximum Gasteiger partial charge on any atom is 0.270 e. The molecule has 5 heteroatoms. The van der Waals surface area contributed by atoms with Crippen molar-refractivity contribution in [3.8, 4) is 0 Å². The van der Waals surface area contributed by atoms with Gasteiger partial charge in [-0.2, -0.15) is 0 Å². The number of likely N-dealkylation sites (tertiary alicyclic amines) is 1. The Bertz CT molecular complexity index is 403. The summed E-state index contributed by atoms with van der Waals surface area (Å²) in [6, 6.07) is 3.77. The van der Waals surface area contributed by atoms with Crippen LogP contribution in [0, 0.1) is 5.92 Å². The number of amides is 1. The van der Waals surface area contributed by atoms with Gasteiger partial charge in [-0.1, -0.05) is 0 Å². The molecule has 0 aliphatic carbocycles. The van der Waals surface area contributed by atoms with E-state index in [0.29, 0.717) is 25.6 Å². The zero-order valence-electron chi connectivity index (χ0n) is 10.8. The first-order valence-electron chi connectivity index (χ1n) is 6.39. The minimum atomic E-state index is 0.104. The average Bonchev–Trinajstić information content (AvgIpc) is 3.04. The van der Waals surface area contributed by atoms with E-state index in [9.17, 15) is 4.79 Å². The Labute approximate surface area is 108 Å². The van der Waals surface area contributed by atoms with Gasteiger partial charge in [-0.3, -0.25) is 4.79 Å². The van der Waals surface area contributed by atoms with Crippen LogP contribution in [0.4, 0.5) is 0 Å². The molecule has 18 heavy (non-hydrogen) atoms. The Hall–Kier alpha value is -1.33. The molecule has 1 fully saturated rings. The van der Waals surface area contributed by atoms with E-state index in [1.54, 1.807) is 7.11 Å². The van der Waals surface area contributed by atoms with Crippen molar-refractivity contribution in [3.05, 3.63) is 24.0 Å². The second-order valence-electron chi connectivity index (χ2n) is 4.72. The van der Waals surface area contributed by atoms with Crippen LogP contribution < -0.4 is 5.73 Å². The van der Waals surface area contributed by atoms with Crippen molar-refractivity contribution in [2.75, 3.05) is 33.4 Å². The van der Waals surface area contributed by atoms with Gasteiger partial charge in [-0.25, -0.2) is 0 Å². The first-order valence-corrected chi connectivity index (χ1v) is 6.39. The zero-order valence-corrected chi connectivity index (χ0v) is 10.8. The zero-order chi connectivity index (χ0) is 13.0. The molecule has 0 aromatic carbocycles. The number of nitrogens with zero attached hydrogens (tertiary/aromatic N) is 2. The summed E-state index contributed by atoms with van der Waals surface area (Å²) in [5, 5.41) is 0. The van der Waals surface area contributed by atoms with Crippen LogP contribution in [-0.2, 0) is 11.3 Å². The molecular formula is C13H21N3O2. The van der Waals surface area contributed by atoms with Crippen molar-refractivity contribution in [1.82, 2.24) is 9.47 Å². The molecule has 1 unspecified atom stereocenters. The van der Waals surface area contributed by atoms with E-state index in [0.717, 1.165) is 25.2 Å². The summed E-state index contributed by atoms with van der Waals surface area (Å²) < 4.78 is 6.99. The van der Waals surface area contributed by atoms with Gasteiger partial charge in [-0.15, -0.1) is 0 Å². The van der Waals surface area contributed by atoms with Crippen molar-refractivity contribution in [2.24, 2.45) is 11.7 Å². The topological polar surface area (TPSA) is 60.5 Å². The number of carbonyl (C=O) groups excluding carboxylic acids is 1. The summed E-state index contributed by atoms with van der Waals surface area (Å²) in [5.74, 6) is 0.559. The molecule has 100 valence electrons. The minimum Gasteiger partial charge on any atom is -0.383 e. The van der Waals surface area contributed by atoms with Crippen LogP contribution in [0.25, 0.3) is 0 Å². The van der Waals surface area contributed by atoms with Gasteiger partial charge in [0.05, 0.1) is 6.61 Å². The number of carbonyl (C=O) groups is 1. The van der Waals surface area contributed by atoms with Crippen molar-refractivity contribution < 1.29 is 9.53 Å². The molecular weight excluding hydrogens is 230 g/mol. The van der Waals surface area contributed by atoms with E-state index in [-0.39, 0.29) is 5.91 Å². The maximum absolute atomic E-state index is 12.4. The summed E-state index contributed by atoms with van der Waals surface area (Å²) in [5.41, 5.74) is 6.39. The lowest BCUT2D eigenvalue weighted by atomic mass is 10.1. The van der Waals surface area contributed by atoms with Gasteiger partial charge in [0.1, 0.15) is 5.69 Å². The number of ether oxygens (including phenoxy) is 1. The molecule has 0 saturated carbocycles. The smallest absolute Gasteiger partial charge is 0.270 e. The maximum atomic E-state index is 12.4. The molecule has 0 radical (unpaired) electrons. The lowest BCUT2D eigenvalue weighted by molar-refractivity contribution is 0.0774. The number of hydrogen-bond acceptors (Lipinski definition) is 3. The molecule has 2 heterocycles. The third-order valence-electron chi connectivity index (χ3n) is 3.49. The van der Waals surface area contributed by atoms with Gasteiger partial charge in [0.15, 0.2) is 0 Å². The summed E-state index contributed by atoms with van der Waals surface area (Å²) >= 11 is 0. The predicted molar refractivity (Wildman–Crippen MR) is 69.4 cm³/mol. The van der Waals surface area contributed by atoms with Gasteiger partial charge < -0.3 is 19.9 Å². The molecule has 1 aliphatic rings. The molecule has 1 amide bonds. The van der Waals surface area contributed by atoms with Crippen molar-refractivity contribution in [3.63, 3.8) is 0 Å². The van der Waals surface area contributed by atoms with Gasteiger partial charge in [0.25, 0.3) is 5.91 Å². The Morgan fingerprint density at radius 2 is 2.44 bits per heavy atom. The first-order chi connectivity index (χ1) is 8.76.